The molecule has 2 aromatic rings. The molecule has 0 amide bonds. The highest BCUT2D eigenvalue weighted by atomic mass is 32.2. The van der Waals surface area contributed by atoms with Gasteiger partial charge in [-0.3, -0.25) is 14.9 Å². The Balaban J connectivity index is 2.43. The van der Waals surface area contributed by atoms with Gasteiger partial charge in [0.05, 0.1) is 15.9 Å². The van der Waals surface area contributed by atoms with Gasteiger partial charge in [0.25, 0.3) is 11.2 Å². The maximum atomic E-state index is 11.4. The summed E-state index contributed by atoms with van der Waals surface area (Å²) < 4.78 is 0. The number of benzene rings is 1. The number of aliphatic hydroxyl groups excluding tert-OH is 1. The van der Waals surface area contributed by atoms with Crippen molar-refractivity contribution in [1.82, 2.24) is 9.97 Å². The maximum absolute atomic E-state index is 11.4. The molecule has 7 nitrogen and oxygen atoms in total. The van der Waals surface area contributed by atoms with Gasteiger partial charge in [0.1, 0.15) is 0 Å². The number of nitrogens with one attached hydrogen (secondary N) is 1. The number of aromatic nitrogens is 2. The average Bonchev–Trinajstić information content (AvgIpc) is 2.37. The lowest BCUT2D eigenvalue weighted by Gasteiger charge is -2.07. The largest absolute Gasteiger partial charge is 0.389 e. The molecule has 0 saturated heterocycles. The maximum Gasteiger partial charge on any atom is 0.283 e. The highest BCUT2D eigenvalue weighted by Crippen LogP contribution is 2.34. The van der Waals surface area contributed by atoms with E-state index < -0.39 is 11.0 Å². The topological polar surface area (TPSA) is 109 Å². The molecule has 0 aliphatic carbocycles. The number of aliphatic hydroxyl groups is 1. The number of nitro benzene ring substituents is 1. The van der Waals surface area contributed by atoms with Crippen LogP contribution in [0, 0.1) is 17.0 Å². The Kier molecular flexibility index (Phi) is 4.39. The smallest absolute Gasteiger partial charge is 0.283 e. The van der Waals surface area contributed by atoms with Crippen LogP contribution < -0.4 is 5.56 Å². The second kappa shape index (κ2) is 6.06. The van der Waals surface area contributed by atoms with Crippen LogP contribution in [0.3, 0.4) is 0 Å². The first-order chi connectivity index (χ1) is 9.86. The molecule has 1 aromatic carbocycles. The van der Waals surface area contributed by atoms with Crippen molar-refractivity contribution < 1.29 is 10.0 Å². The Morgan fingerprint density at radius 2 is 2.14 bits per heavy atom. The number of rotatable bonds is 4. The summed E-state index contributed by atoms with van der Waals surface area (Å²) in [5.74, 6) is 0. The molecule has 8 heteroatoms. The molecule has 1 aromatic heterocycles. The van der Waals surface area contributed by atoms with E-state index in [4.69, 9.17) is 0 Å². The van der Waals surface area contributed by atoms with Crippen molar-refractivity contribution in [2.45, 2.75) is 30.0 Å². The zero-order valence-corrected chi connectivity index (χ0v) is 12.2. The van der Waals surface area contributed by atoms with Crippen LogP contribution in [0.2, 0.25) is 0 Å². The van der Waals surface area contributed by atoms with Gasteiger partial charge in [-0.2, -0.15) is 0 Å². The molecule has 0 saturated carbocycles. The van der Waals surface area contributed by atoms with Crippen LogP contribution in [0.25, 0.3) is 0 Å². The van der Waals surface area contributed by atoms with Gasteiger partial charge in [-0.1, -0.05) is 6.07 Å². The van der Waals surface area contributed by atoms with Crippen LogP contribution in [0.4, 0.5) is 5.69 Å². The number of aromatic amines is 1. The van der Waals surface area contributed by atoms with Gasteiger partial charge in [-0.25, -0.2) is 4.98 Å². The summed E-state index contributed by atoms with van der Waals surface area (Å²) in [6.45, 7) is 3.20. The molecule has 1 heterocycles. The van der Waals surface area contributed by atoms with Gasteiger partial charge in [0, 0.05) is 17.8 Å². The van der Waals surface area contributed by atoms with E-state index in [0.717, 1.165) is 11.8 Å². The molecule has 110 valence electrons. The number of nitrogens with zero attached hydrogens (tertiary/aromatic N) is 2. The van der Waals surface area contributed by atoms with E-state index in [2.05, 4.69) is 9.97 Å². The second-order valence-corrected chi connectivity index (χ2v) is 5.48. The van der Waals surface area contributed by atoms with Crippen LogP contribution >= 0.6 is 11.8 Å². The van der Waals surface area contributed by atoms with Crippen molar-refractivity contribution in [2.24, 2.45) is 0 Å². The van der Waals surface area contributed by atoms with Gasteiger partial charge >= 0.3 is 0 Å². The lowest BCUT2D eigenvalue weighted by atomic mass is 10.1. The van der Waals surface area contributed by atoms with E-state index in [9.17, 15) is 20.0 Å². The standard InChI is InChI=1S/C13H13N3O4S/c1-7-5-12(18)15-13(14-7)21-11-4-3-9(8(2)17)6-10(11)16(19)20/h3-6,8,17H,1-2H3,(H,14,15,18)/t8-/m0/s1. The minimum absolute atomic E-state index is 0.137. The summed E-state index contributed by atoms with van der Waals surface area (Å²) in [5.41, 5.74) is 0.539. The summed E-state index contributed by atoms with van der Waals surface area (Å²) in [4.78, 5) is 29.0. The quantitative estimate of drug-likeness (QED) is 0.509. The van der Waals surface area contributed by atoms with Gasteiger partial charge in [-0.05, 0) is 37.2 Å². The molecular formula is C13H13N3O4S. The summed E-state index contributed by atoms with van der Waals surface area (Å²) >= 11 is 1.00. The lowest BCUT2D eigenvalue weighted by molar-refractivity contribution is -0.387. The molecule has 0 aliphatic heterocycles. The number of hydrogen-bond acceptors (Lipinski definition) is 6. The van der Waals surface area contributed by atoms with Crippen molar-refractivity contribution >= 4 is 17.4 Å². The van der Waals surface area contributed by atoms with Crippen molar-refractivity contribution in [3.63, 3.8) is 0 Å². The third-order valence-corrected chi connectivity index (χ3v) is 3.67. The zero-order valence-electron chi connectivity index (χ0n) is 11.4. The number of H-pyrrole nitrogens is 1. The molecule has 2 rings (SSSR count). The van der Waals surface area contributed by atoms with E-state index in [0.29, 0.717) is 16.2 Å². The first-order valence-electron chi connectivity index (χ1n) is 6.09. The molecule has 0 bridgehead atoms. The van der Waals surface area contributed by atoms with E-state index in [1.807, 2.05) is 0 Å². The number of aryl methyl sites for hydroxylation is 1. The monoisotopic (exact) mass is 307 g/mol. The molecule has 0 aliphatic rings. The predicted molar refractivity (Wildman–Crippen MR) is 77.4 cm³/mol. The Morgan fingerprint density at radius 1 is 1.43 bits per heavy atom. The van der Waals surface area contributed by atoms with E-state index in [1.165, 1.54) is 25.1 Å². The number of hydrogen-bond donors (Lipinski definition) is 2. The Bertz CT molecular complexity index is 742. The van der Waals surface area contributed by atoms with E-state index in [-0.39, 0.29) is 16.4 Å². The predicted octanol–water partition coefficient (Wildman–Crippen LogP) is 2.19. The molecule has 0 radical (unpaired) electrons. The normalized spacial score (nSPS) is 12.1. The van der Waals surface area contributed by atoms with Crippen LogP contribution in [0.5, 0.6) is 0 Å². The minimum atomic E-state index is -0.792. The fourth-order valence-electron chi connectivity index (χ4n) is 1.73. The van der Waals surface area contributed by atoms with Crippen LogP contribution in [-0.4, -0.2) is 20.0 Å². The molecular weight excluding hydrogens is 294 g/mol. The van der Waals surface area contributed by atoms with Crippen LogP contribution in [0.1, 0.15) is 24.3 Å². The molecule has 0 fully saturated rings. The lowest BCUT2D eigenvalue weighted by Crippen LogP contribution is -2.08. The fourth-order valence-corrected chi connectivity index (χ4v) is 2.65. The van der Waals surface area contributed by atoms with Crippen molar-refractivity contribution in [2.75, 3.05) is 0 Å². The summed E-state index contributed by atoms with van der Waals surface area (Å²) in [6.07, 6.45) is -0.792. The van der Waals surface area contributed by atoms with Crippen LogP contribution in [0.15, 0.2) is 39.1 Å². The highest BCUT2D eigenvalue weighted by molar-refractivity contribution is 7.99. The van der Waals surface area contributed by atoms with Gasteiger partial charge in [0.2, 0.25) is 0 Å². The molecule has 21 heavy (non-hydrogen) atoms. The molecule has 2 N–H and O–H groups in total. The molecule has 0 unspecified atom stereocenters. The third-order valence-electron chi connectivity index (χ3n) is 2.72. The van der Waals surface area contributed by atoms with Gasteiger partial charge in [0.15, 0.2) is 5.16 Å². The minimum Gasteiger partial charge on any atom is -0.389 e. The molecule has 0 spiro atoms. The Hall–Kier alpha value is -2.19. The van der Waals surface area contributed by atoms with Gasteiger partial charge in [-0.15, -0.1) is 0 Å². The Labute approximate surface area is 124 Å². The average molecular weight is 307 g/mol. The summed E-state index contributed by atoms with van der Waals surface area (Å²) in [6, 6.07) is 5.80. The van der Waals surface area contributed by atoms with Gasteiger partial charge < -0.3 is 10.1 Å². The zero-order chi connectivity index (χ0) is 15.6. The first-order valence-corrected chi connectivity index (χ1v) is 6.90. The summed E-state index contributed by atoms with van der Waals surface area (Å²) in [7, 11) is 0. The third kappa shape index (κ3) is 3.67. The van der Waals surface area contributed by atoms with Crippen LogP contribution in [-0.2, 0) is 0 Å². The Morgan fingerprint density at radius 3 is 2.71 bits per heavy atom. The highest BCUT2D eigenvalue weighted by Gasteiger charge is 2.18. The van der Waals surface area contributed by atoms with Crippen molar-refractivity contribution in [3.8, 4) is 0 Å². The van der Waals surface area contributed by atoms with Crippen molar-refractivity contribution in [1.29, 1.82) is 0 Å². The van der Waals surface area contributed by atoms with E-state index >= 15 is 0 Å². The summed E-state index contributed by atoms with van der Waals surface area (Å²) in [5, 5.41) is 20.9. The SMILES string of the molecule is Cc1cc(=O)[nH]c(Sc2ccc([C@H](C)O)cc2[N+](=O)[O-])n1. The fraction of sp³-hybridized carbons (Fsp3) is 0.231. The second-order valence-electron chi connectivity index (χ2n) is 4.45. The number of nitro groups is 1. The first kappa shape index (κ1) is 15.2. The molecule has 1 atom stereocenters. The van der Waals surface area contributed by atoms with E-state index in [1.54, 1.807) is 13.0 Å². The van der Waals surface area contributed by atoms with Crippen molar-refractivity contribution in [3.05, 3.63) is 56.0 Å².